The number of methoxy groups -OCH3 is 1. The summed E-state index contributed by atoms with van der Waals surface area (Å²) in [5.74, 6) is 0.329. The summed E-state index contributed by atoms with van der Waals surface area (Å²) in [4.78, 5) is 12.3. The fourth-order valence-electron chi connectivity index (χ4n) is 2.13. The molecule has 0 aromatic heterocycles. The van der Waals surface area contributed by atoms with Crippen molar-refractivity contribution in [1.29, 1.82) is 0 Å². The van der Waals surface area contributed by atoms with Crippen LogP contribution in [0.15, 0.2) is 54.6 Å². The first-order valence-corrected chi connectivity index (χ1v) is 6.94. The molecule has 0 saturated carbocycles. The molecule has 2 atom stereocenters. The van der Waals surface area contributed by atoms with Crippen LogP contribution in [0.5, 0.6) is 5.75 Å². The van der Waals surface area contributed by atoms with E-state index in [0.29, 0.717) is 11.3 Å². The smallest absolute Gasteiger partial charge is 0.251 e. The van der Waals surface area contributed by atoms with Crippen molar-refractivity contribution >= 4 is 5.91 Å². The van der Waals surface area contributed by atoms with Gasteiger partial charge in [0.1, 0.15) is 11.9 Å². The van der Waals surface area contributed by atoms with E-state index in [1.807, 2.05) is 18.2 Å². The summed E-state index contributed by atoms with van der Waals surface area (Å²) < 4.78 is 5.05. The number of benzene rings is 2. The Morgan fingerprint density at radius 2 is 1.77 bits per heavy atom. The maximum atomic E-state index is 12.3. The molecule has 3 N–H and O–H groups in total. The molecule has 2 rings (SSSR count). The van der Waals surface area contributed by atoms with E-state index in [1.54, 1.807) is 43.5 Å². The number of carbonyl (C=O) groups is 1. The van der Waals surface area contributed by atoms with Gasteiger partial charge in [0.05, 0.1) is 19.8 Å². The van der Waals surface area contributed by atoms with Crippen molar-refractivity contribution in [1.82, 2.24) is 5.32 Å². The molecule has 22 heavy (non-hydrogen) atoms. The summed E-state index contributed by atoms with van der Waals surface area (Å²) in [5, 5.41) is 21.9. The lowest BCUT2D eigenvalue weighted by atomic mass is 10.0. The van der Waals surface area contributed by atoms with Gasteiger partial charge in [-0.3, -0.25) is 4.79 Å². The Hall–Kier alpha value is -2.37. The zero-order valence-corrected chi connectivity index (χ0v) is 12.3. The molecule has 2 aromatic carbocycles. The Kier molecular flexibility index (Phi) is 5.52. The van der Waals surface area contributed by atoms with Gasteiger partial charge >= 0.3 is 0 Å². The van der Waals surface area contributed by atoms with E-state index in [0.717, 1.165) is 5.56 Å². The van der Waals surface area contributed by atoms with Gasteiger partial charge < -0.3 is 20.3 Å². The summed E-state index contributed by atoms with van der Waals surface area (Å²) in [5.41, 5.74) is 1.18. The van der Waals surface area contributed by atoms with E-state index in [9.17, 15) is 15.0 Å². The van der Waals surface area contributed by atoms with Gasteiger partial charge in [0.2, 0.25) is 0 Å². The molecule has 5 heteroatoms. The van der Waals surface area contributed by atoms with Crippen LogP contribution in [-0.2, 0) is 0 Å². The van der Waals surface area contributed by atoms with Crippen LogP contribution in [0, 0.1) is 0 Å². The second kappa shape index (κ2) is 7.59. The van der Waals surface area contributed by atoms with Crippen molar-refractivity contribution in [3.63, 3.8) is 0 Å². The topological polar surface area (TPSA) is 78.8 Å². The van der Waals surface area contributed by atoms with Gasteiger partial charge in [-0.1, -0.05) is 30.3 Å². The quantitative estimate of drug-likeness (QED) is 0.756. The van der Waals surface area contributed by atoms with E-state index in [4.69, 9.17) is 4.74 Å². The standard InChI is InChI=1S/C17H19NO4/c1-22-14-9-7-13(8-10-14)17(21)18-16(15(20)11-19)12-5-3-2-4-6-12/h2-10,15-16,19-20H,11H2,1H3,(H,18,21). The summed E-state index contributed by atoms with van der Waals surface area (Å²) in [6.45, 7) is -0.442. The maximum Gasteiger partial charge on any atom is 0.251 e. The number of rotatable bonds is 6. The summed E-state index contributed by atoms with van der Waals surface area (Å²) in [6.07, 6.45) is -1.08. The Balaban J connectivity index is 2.17. The highest BCUT2D eigenvalue weighted by Crippen LogP contribution is 2.18. The fourth-order valence-corrected chi connectivity index (χ4v) is 2.13. The Bertz CT molecular complexity index is 598. The van der Waals surface area contributed by atoms with Crippen LogP contribution < -0.4 is 10.1 Å². The zero-order valence-electron chi connectivity index (χ0n) is 12.3. The molecule has 0 saturated heterocycles. The molecule has 0 bridgehead atoms. The average Bonchev–Trinajstić information content (AvgIpc) is 2.59. The number of hydrogen-bond donors (Lipinski definition) is 3. The number of carbonyl (C=O) groups excluding carboxylic acids is 1. The van der Waals surface area contributed by atoms with Crippen LogP contribution in [-0.4, -0.2) is 35.9 Å². The molecule has 0 spiro atoms. The van der Waals surface area contributed by atoms with E-state index in [-0.39, 0.29) is 5.91 Å². The van der Waals surface area contributed by atoms with Gasteiger partial charge in [-0.2, -0.15) is 0 Å². The third-order valence-electron chi connectivity index (χ3n) is 3.37. The van der Waals surface area contributed by atoms with Crippen LogP contribution in [0.3, 0.4) is 0 Å². The number of amides is 1. The molecular weight excluding hydrogens is 282 g/mol. The Morgan fingerprint density at radius 1 is 1.14 bits per heavy atom. The highest BCUT2D eigenvalue weighted by atomic mass is 16.5. The van der Waals surface area contributed by atoms with Crippen LogP contribution in [0.4, 0.5) is 0 Å². The second-order valence-electron chi connectivity index (χ2n) is 4.84. The number of aliphatic hydroxyl groups is 2. The molecule has 5 nitrogen and oxygen atoms in total. The molecule has 0 aliphatic carbocycles. The van der Waals surface area contributed by atoms with Gasteiger partial charge in [0, 0.05) is 5.56 Å². The molecule has 0 aliphatic heterocycles. The highest BCUT2D eigenvalue weighted by molar-refractivity contribution is 5.94. The molecule has 0 aliphatic rings. The Morgan fingerprint density at radius 3 is 2.32 bits per heavy atom. The van der Waals surface area contributed by atoms with Gasteiger partial charge in [-0.05, 0) is 29.8 Å². The number of aliphatic hydroxyl groups excluding tert-OH is 2. The van der Waals surface area contributed by atoms with Crippen molar-refractivity contribution < 1.29 is 19.7 Å². The van der Waals surface area contributed by atoms with Gasteiger partial charge in [-0.15, -0.1) is 0 Å². The lowest BCUT2D eigenvalue weighted by molar-refractivity contribution is 0.0564. The van der Waals surface area contributed by atoms with E-state index in [1.165, 1.54) is 0 Å². The maximum absolute atomic E-state index is 12.3. The van der Waals surface area contributed by atoms with Crippen LogP contribution in [0.2, 0.25) is 0 Å². The van der Waals surface area contributed by atoms with Gasteiger partial charge in [0.25, 0.3) is 5.91 Å². The lowest BCUT2D eigenvalue weighted by Gasteiger charge is -2.23. The molecule has 116 valence electrons. The monoisotopic (exact) mass is 301 g/mol. The van der Waals surface area contributed by atoms with E-state index >= 15 is 0 Å². The van der Waals surface area contributed by atoms with Crippen molar-refractivity contribution in [2.45, 2.75) is 12.1 Å². The van der Waals surface area contributed by atoms with Gasteiger partial charge in [0.15, 0.2) is 0 Å². The second-order valence-corrected chi connectivity index (χ2v) is 4.84. The molecule has 2 unspecified atom stereocenters. The molecule has 0 radical (unpaired) electrons. The minimum absolute atomic E-state index is 0.330. The Labute approximate surface area is 129 Å². The van der Waals surface area contributed by atoms with Crippen molar-refractivity contribution in [2.75, 3.05) is 13.7 Å². The minimum Gasteiger partial charge on any atom is -0.497 e. The summed E-state index contributed by atoms with van der Waals surface area (Å²) >= 11 is 0. The zero-order chi connectivity index (χ0) is 15.9. The predicted octanol–water partition coefficient (Wildman–Crippen LogP) is 1.52. The van der Waals surface area contributed by atoms with Crippen molar-refractivity contribution in [3.05, 3.63) is 65.7 Å². The third kappa shape index (κ3) is 3.84. The summed E-state index contributed by atoms with van der Waals surface area (Å²) in [6, 6.07) is 15.0. The van der Waals surface area contributed by atoms with E-state index < -0.39 is 18.8 Å². The molecule has 1 amide bonds. The first kappa shape index (κ1) is 16.0. The number of nitrogens with one attached hydrogen (secondary N) is 1. The van der Waals surface area contributed by atoms with Crippen LogP contribution in [0.25, 0.3) is 0 Å². The first-order chi connectivity index (χ1) is 10.7. The van der Waals surface area contributed by atoms with Gasteiger partial charge in [-0.25, -0.2) is 0 Å². The van der Waals surface area contributed by atoms with Crippen LogP contribution in [0.1, 0.15) is 22.0 Å². The minimum atomic E-state index is -1.08. The molecule has 0 heterocycles. The highest BCUT2D eigenvalue weighted by Gasteiger charge is 2.23. The molecule has 0 fully saturated rings. The normalized spacial score (nSPS) is 13.2. The molecule has 2 aromatic rings. The SMILES string of the molecule is COc1ccc(C(=O)NC(c2ccccc2)C(O)CO)cc1. The van der Waals surface area contributed by atoms with Crippen molar-refractivity contribution in [3.8, 4) is 5.75 Å². The van der Waals surface area contributed by atoms with Crippen LogP contribution >= 0.6 is 0 Å². The largest absolute Gasteiger partial charge is 0.497 e. The fraction of sp³-hybridized carbons (Fsp3) is 0.235. The number of ether oxygens (including phenoxy) is 1. The average molecular weight is 301 g/mol. The van der Waals surface area contributed by atoms with E-state index in [2.05, 4.69) is 5.32 Å². The first-order valence-electron chi connectivity index (χ1n) is 6.94. The number of hydrogen-bond acceptors (Lipinski definition) is 4. The van der Waals surface area contributed by atoms with Crippen molar-refractivity contribution in [2.24, 2.45) is 0 Å². The summed E-state index contributed by atoms with van der Waals surface area (Å²) in [7, 11) is 1.55. The predicted molar refractivity (Wildman–Crippen MR) is 82.7 cm³/mol. The third-order valence-corrected chi connectivity index (χ3v) is 3.37. The molecular formula is C17H19NO4. The lowest BCUT2D eigenvalue weighted by Crippen LogP contribution is -2.38.